The van der Waals surface area contributed by atoms with Crippen LogP contribution in [-0.2, 0) is 6.42 Å². The summed E-state index contributed by atoms with van der Waals surface area (Å²) in [5, 5.41) is 0. The lowest BCUT2D eigenvalue weighted by Crippen LogP contribution is -2.51. The highest BCUT2D eigenvalue weighted by molar-refractivity contribution is 6.02. The number of hydrogen-bond donors (Lipinski definition) is 0. The van der Waals surface area contributed by atoms with Crippen molar-refractivity contribution >= 4 is 11.5 Å². The second kappa shape index (κ2) is 8.54. The van der Waals surface area contributed by atoms with Gasteiger partial charge in [-0.2, -0.15) is 0 Å². The van der Waals surface area contributed by atoms with Crippen LogP contribution in [-0.4, -0.2) is 48.4 Å². The zero-order chi connectivity index (χ0) is 22.2. The van der Waals surface area contributed by atoms with Gasteiger partial charge in [0, 0.05) is 50.3 Å². The first-order valence-electron chi connectivity index (χ1n) is 11.0. The van der Waals surface area contributed by atoms with Crippen LogP contribution in [0.4, 0.5) is 14.5 Å². The first-order chi connectivity index (χ1) is 14.7. The standard InChI is InChI=1S/C26H31F2N3/c1-18(2)26(3,4)17-30-11-13-31(14-12-30)25-22-10-9-20(24(27)28)16-21(22)15-19-7-5-6-8-23(19)29-25/h5-10,16,24H,1,11-15,17H2,2-4H3. The molecular weight excluding hydrogens is 392 g/mol. The van der Waals surface area contributed by atoms with Gasteiger partial charge in [-0.1, -0.05) is 56.3 Å². The molecule has 164 valence electrons. The number of fused-ring (bicyclic) bond motifs is 2. The monoisotopic (exact) mass is 423 g/mol. The zero-order valence-corrected chi connectivity index (χ0v) is 18.7. The average Bonchev–Trinajstić information content (AvgIpc) is 2.90. The second-order valence-corrected chi connectivity index (χ2v) is 9.39. The van der Waals surface area contributed by atoms with Crippen molar-refractivity contribution in [3.05, 3.63) is 76.9 Å². The Hall–Kier alpha value is -2.53. The van der Waals surface area contributed by atoms with E-state index in [1.54, 1.807) is 12.1 Å². The van der Waals surface area contributed by atoms with E-state index < -0.39 is 6.43 Å². The SMILES string of the molecule is C=C(C)C(C)(C)CN1CCN(C2=Nc3ccccc3Cc3cc(C(F)F)ccc32)CC1. The summed E-state index contributed by atoms with van der Waals surface area (Å²) in [6.45, 7) is 15.3. The lowest BCUT2D eigenvalue weighted by molar-refractivity contribution is 0.143. The van der Waals surface area contributed by atoms with Gasteiger partial charge in [0.2, 0.25) is 0 Å². The van der Waals surface area contributed by atoms with Crippen LogP contribution in [0.25, 0.3) is 0 Å². The van der Waals surface area contributed by atoms with Gasteiger partial charge >= 0.3 is 0 Å². The van der Waals surface area contributed by atoms with Crippen LogP contribution in [0.2, 0.25) is 0 Å². The van der Waals surface area contributed by atoms with E-state index in [9.17, 15) is 8.78 Å². The largest absolute Gasteiger partial charge is 0.354 e. The summed E-state index contributed by atoms with van der Waals surface area (Å²) < 4.78 is 26.7. The lowest BCUT2D eigenvalue weighted by atomic mass is 9.85. The summed E-state index contributed by atoms with van der Waals surface area (Å²) in [4.78, 5) is 9.83. The minimum absolute atomic E-state index is 0.0735. The summed E-state index contributed by atoms with van der Waals surface area (Å²) in [6, 6.07) is 13.1. The molecule has 0 radical (unpaired) electrons. The van der Waals surface area contributed by atoms with Crippen molar-refractivity contribution in [1.29, 1.82) is 0 Å². The minimum Gasteiger partial charge on any atom is -0.354 e. The highest BCUT2D eigenvalue weighted by atomic mass is 19.3. The number of benzene rings is 2. The van der Waals surface area contributed by atoms with E-state index in [-0.39, 0.29) is 11.0 Å². The van der Waals surface area contributed by atoms with Gasteiger partial charge in [-0.3, -0.25) is 4.90 Å². The molecule has 0 saturated carbocycles. The van der Waals surface area contributed by atoms with Gasteiger partial charge in [-0.05, 0) is 35.6 Å². The molecule has 3 nitrogen and oxygen atoms in total. The van der Waals surface area contributed by atoms with E-state index in [4.69, 9.17) is 4.99 Å². The molecule has 2 heterocycles. The Kier molecular flexibility index (Phi) is 5.98. The van der Waals surface area contributed by atoms with Gasteiger partial charge in [-0.15, -0.1) is 0 Å². The van der Waals surface area contributed by atoms with Crippen molar-refractivity contribution in [3.63, 3.8) is 0 Å². The van der Waals surface area contributed by atoms with E-state index >= 15 is 0 Å². The maximum Gasteiger partial charge on any atom is 0.263 e. The van der Waals surface area contributed by atoms with E-state index in [0.29, 0.717) is 6.42 Å². The number of para-hydroxylation sites is 1. The average molecular weight is 424 g/mol. The van der Waals surface area contributed by atoms with Gasteiger partial charge < -0.3 is 4.90 Å². The zero-order valence-electron chi connectivity index (χ0n) is 18.7. The molecule has 2 aliphatic heterocycles. The highest BCUT2D eigenvalue weighted by Crippen LogP contribution is 2.32. The Balaban J connectivity index is 1.62. The van der Waals surface area contributed by atoms with Gasteiger partial charge in [0.05, 0.1) is 5.69 Å². The molecule has 0 amide bonds. The third kappa shape index (κ3) is 4.57. The van der Waals surface area contributed by atoms with Gasteiger partial charge in [0.25, 0.3) is 6.43 Å². The minimum atomic E-state index is -2.47. The molecule has 1 saturated heterocycles. The third-order valence-electron chi connectivity index (χ3n) is 6.67. The molecule has 4 rings (SSSR count). The predicted molar refractivity (Wildman–Crippen MR) is 123 cm³/mol. The lowest BCUT2D eigenvalue weighted by Gasteiger charge is -2.40. The number of nitrogens with zero attached hydrogens (tertiary/aromatic N) is 3. The van der Waals surface area contributed by atoms with Crippen LogP contribution in [0.1, 0.15) is 49.5 Å². The van der Waals surface area contributed by atoms with Gasteiger partial charge in [0.1, 0.15) is 5.84 Å². The Bertz CT molecular complexity index is 1000. The van der Waals surface area contributed by atoms with Crippen molar-refractivity contribution in [3.8, 4) is 0 Å². The maximum absolute atomic E-state index is 13.4. The molecule has 1 fully saturated rings. The number of amidine groups is 1. The van der Waals surface area contributed by atoms with Crippen molar-refractivity contribution in [2.75, 3.05) is 32.7 Å². The Morgan fingerprint density at radius 2 is 1.77 bits per heavy atom. The number of hydrogen-bond acceptors (Lipinski definition) is 3. The van der Waals surface area contributed by atoms with Crippen LogP contribution >= 0.6 is 0 Å². The van der Waals surface area contributed by atoms with E-state index in [0.717, 1.165) is 60.9 Å². The summed E-state index contributed by atoms with van der Waals surface area (Å²) in [5.41, 5.74) is 5.25. The van der Waals surface area contributed by atoms with Crippen LogP contribution < -0.4 is 0 Å². The molecule has 0 aliphatic carbocycles. The molecule has 0 atom stereocenters. The van der Waals surface area contributed by atoms with Crippen molar-refractivity contribution in [1.82, 2.24) is 9.80 Å². The smallest absolute Gasteiger partial charge is 0.263 e. The molecule has 0 aromatic heterocycles. The van der Waals surface area contributed by atoms with Crippen LogP contribution in [0, 0.1) is 5.41 Å². The molecule has 0 bridgehead atoms. The van der Waals surface area contributed by atoms with Crippen LogP contribution in [0.5, 0.6) is 0 Å². The number of aliphatic imine (C=N–C) groups is 1. The number of alkyl halides is 2. The fourth-order valence-corrected chi connectivity index (χ4v) is 4.32. The molecule has 0 spiro atoms. The third-order valence-corrected chi connectivity index (χ3v) is 6.67. The summed E-state index contributed by atoms with van der Waals surface area (Å²) >= 11 is 0. The quantitative estimate of drug-likeness (QED) is 0.577. The van der Waals surface area contributed by atoms with Gasteiger partial charge in [0.15, 0.2) is 0 Å². The second-order valence-electron chi connectivity index (χ2n) is 9.39. The molecule has 5 heteroatoms. The van der Waals surface area contributed by atoms with Crippen molar-refractivity contribution in [2.24, 2.45) is 10.4 Å². The molecule has 2 aliphatic rings. The van der Waals surface area contributed by atoms with Crippen molar-refractivity contribution < 1.29 is 8.78 Å². The molecule has 0 N–H and O–H groups in total. The normalized spacial score (nSPS) is 17.1. The molecular formula is C26H31F2N3. The summed E-state index contributed by atoms with van der Waals surface area (Å²) in [5.74, 6) is 0.902. The fraction of sp³-hybridized carbons (Fsp3) is 0.423. The Morgan fingerprint density at radius 1 is 1.06 bits per heavy atom. The Morgan fingerprint density at radius 3 is 2.45 bits per heavy atom. The molecule has 2 aromatic carbocycles. The highest BCUT2D eigenvalue weighted by Gasteiger charge is 2.28. The van der Waals surface area contributed by atoms with E-state index in [1.807, 2.05) is 30.3 Å². The summed E-state index contributed by atoms with van der Waals surface area (Å²) in [7, 11) is 0. The van der Waals surface area contributed by atoms with Crippen molar-refractivity contribution in [2.45, 2.75) is 33.6 Å². The number of halogens is 2. The molecule has 2 aromatic rings. The van der Waals surface area contributed by atoms with Crippen LogP contribution in [0.15, 0.2) is 59.6 Å². The Labute approximate surface area is 184 Å². The number of piperazine rings is 1. The fourth-order valence-electron chi connectivity index (χ4n) is 4.32. The van der Waals surface area contributed by atoms with Crippen LogP contribution in [0.3, 0.4) is 0 Å². The number of rotatable bonds is 4. The maximum atomic E-state index is 13.4. The van der Waals surface area contributed by atoms with E-state index in [2.05, 4.69) is 37.1 Å². The topological polar surface area (TPSA) is 18.8 Å². The molecule has 0 unspecified atom stereocenters. The predicted octanol–water partition coefficient (Wildman–Crippen LogP) is 5.83. The van der Waals surface area contributed by atoms with E-state index in [1.165, 1.54) is 5.57 Å². The first-order valence-corrected chi connectivity index (χ1v) is 11.0. The summed E-state index contributed by atoms with van der Waals surface area (Å²) in [6.07, 6.45) is -1.85. The molecule has 31 heavy (non-hydrogen) atoms. The first kappa shape index (κ1) is 21.7. The van der Waals surface area contributed by atoms with Gasteiger partial charge in [-0.25, -0.2) is 13.8 Å².